The number of nitrogens with zero attached hydrogens (tertiary/aromatic N) is 1. The SMILES string of the molecule is CC1(N)CN=CC(C)(N)OC(C)(S)C1. The Morgan fingerprint density at radius 2 is 1.93 bits per heavy atom. The monoisotopic (exact) mass is 217 g/mol. The van der Waals surface area contributed by atoms with Gasteiger partial charge in [-0.15, -0.1) is 12.6 Å². The van der Waals surface area contributed by atoms with Gasteiger partial charge in [-0.2, -0.15) is 0 Å². The molecule has 4 nitrogen and oxygen atoms in total. The topological polar surface area (TPSA) is 73.6 Å². The molecule has 14 heavy (non-hydrogen) atoms. The number of rotatable bonds is 0. The predicted octanol–water partition coefficient (Wildman–Crippen LogP) is 0.516. The van der Waals surface area contributed by atoms with Gasteiger partial charge in [-0.3, -0.25) is 10.7 Å². The van der Waals surface area contributed by atoms with Crippen molar-refractivity contribution in [1.29, 1.82) is 0 Å². The van der Waals surface area contributed by atoms with Gasteiger partial charge in [0.1, 0.15) is 4.93 Å². The van der Waals surface area contributed by atoms with E-state index in [0.29, 0.717) is 13.0 Å². The van der Waals surface area contributed by atoms with Crippen molar-refractivity contribution in [3.05, 3.63) is 0 Å². The molecule has 5 heteroatoms. The highest BCUT2D eigenvalue weighted by Crippen LogP contribution is 2.30. The lowest BCUT2D eigenvalue weighted by molar-refractivity contribution is -0.0582. The first-order valence-corrected chi connectivity index (χ1v) is 5.08. The van der Waals surface area contributed by atoms with Gasteiger partial charge in [0.05, 0.1) is 6.54 Å². The molecule has 1 rings (SSSR count). The van der Waals surface area contributed by atoms with Gasteiger partial charge in [-0.1, -0.05) is 0 Å². The average molecular weight is 217 g/mol. The molecule has 0 fully saturated rings. The van der Waals surface area contributed by atoms with E-state index in [1.807, 2.05) is 13.8 Å². The van der Waals surface area contributed by atoms with E-state index in [2.05, 4.69) is 17.6 Å². The Hall–Kier alpha value is -0.100. The van der Waals surface area contributed by atoms with Gasteiger partial charge in [0.25, 0.3) is 0 Å². The van der Waals surface area contributed by atoms with Gasteiger partial charge in [-0.25, -0.2) is 0 Å². The van der Waals surface area contributed by atoms with E-state index in [9.17, 15) is 0 Å². The van der Waals surface area contributed by atoms with E-state index in [4.69, 9.17) is 16.2 Å². The molecule has 0 amide bonds. The van der Waals surface area contributed by atoms with E-state index in [-0.39, 0.29) is 0 Å². The molecule has 3 atom stereocenters. The predicted molar refractivity (Wildman–Crippen MR) is 61.6 cm³/mol. The summed E-state index contributed by atoms with van der Waals surface area (Å²) in [7, 11) is 0. The van der Waals surface area contributed by atoms with Gasteiger partial charge in [0, 0.05) is 18.2 Å². The second-order valence-corrected chi connectivity index (χ2v) is 5.71. The van der Waals surface area contributed by atoms with Crippen LogP contribution in [-0.4, -0.2) is 29.0 Å². The zero-order valence-electron chi connectivity index (χ0n) is 8.95. The molecular formula is C9H19N3OS. The van der Waals surface area contributed by atoms with Crippen LogP contribution in [0.1, 0.15) is 27.2 Å². The number of ether oxygens (including phenoxy) is 1. The molecule has 1 aliphatic heterocycles. The van der Waals surface area contributed by atoms with Crippen LogP contribution in [0.15, 0.2) is 4.99 Å². The number of nitrogens with two attached hydrogens (primary N) is 2. The maximum Gasteiger partial charge on any atom is 0.151 e. The highest BCUT2D eigenvalue weighted by Gasteiger charge is 2.37. The van der Waals surface area contributed by atoms with Crippen molar-refractivity contribution in [2.75, 3.05) is 6.54 Å². The third-order valence-corrected chi connectivity index (χ3v) is 2.22. The largest absolute Gasteiger partial charge is 0.339 e. The molecule has 82 valence electrons. The van der Waals surface area contributed by atoms with Crippen LogP contribution in [0.3, 0.4) is 0 Å². The number of hydrogen-bond acceptors (Lipinski definition) is 5. The van der Waals surface area contributed by atoms with Gasteiger partial charge >= 0.3 is 0 Å². The van der Waals surface area contributed by atoms with Crippen molar-refractivity contribution in [3.8, 4) is 0 Å². The molecule has 0 aromatic heterocycles. The first-order valence-electron chi connectivity index (χ1n) is 4.63. The minimum Gasteiger partial charge on any atom is -0.339 e. The van der Waals surface area contributed by atoms with E-state index >= 15 is 0 Å². The van der Waals surface area contributed by atoms with Crippen molar-refractivity contribution in [1.82, 2.24) is 0 Å². The Balaban J connectivity index is 2.90. The third kappa shape index (κ3) is 3.57. The minimum absolute atomic E-state index is 0.399. The number of thiol groups is 1. The molecule has 3 unspecified atom stereocenters. The van der Waals surface area contributed by atoms with Crippen LogP contribution in [0.2, 0.25) is 0 Å². The zero-order valence-corrected chi connectivity index (χ0v) is 9.84. The third-order valence-electron chi connectivity index (χ3n) is 1.97. The summed E-state index contributed by atoms with van der Waals surface area (Å²) >= 11 is 4.42. The van der Waals surface area contributed by atoms with Crippen LogP contribution in [0.4, 0.5) is 0 Å². The molecule has 0 aromatic carbocycles. The van der Waals surface area contributed by atoms with E-state index in [1.54, 1.807) is 13.1 Å². The van der Waals surface area contributed by atoms with Gasteiger partial charge in [-0.05, 0) is 20.8 Å². The molecule has 0 saturated heterocycles. The average Bonchev–Trinajstić information content (AvgIpc) is 1.75. The van der Waals surface area contributed by atoms with Crippen LogP contribution in [0.5, 0.6) is 0 Å². The van der Waals surface area contributed by atoms with Crippen LogP contribution in [0, 0.1) is 0 Å². The second-order valence-electron chi connectivity index (χ2n) is 4.76. The van der Waals surface area contributed by atoms with Gasteiger partial charge in [0.2, 0.25) is 0 Å². The summed E-state index contributed by atoms with van der Waals surface area (Å²) in [5.74, 6) is 0. The molecule has 0 aliphatic carbocycles. The fraction of sp³-hybridized carbons (Fsp3) is 0.889. The van der Waals surface area contributed by atoms with Crippen LogP contribution in [0.25, 0.3) is 0 Å². The van der Waals surface area contributed by atoms with Crippen molar-refractivity contribution in [2.24, 2.45) is 16.5 Å². The highest BCUT2D eigenvalue weighted by molar-refractivity contribution is 7.81. The molecule has 0 radical (unpaired) electrons. The summed E-state index contributed by atoms with van der Waals surface area (Å²) in [5.41, 5.74) is 10.6. The Kier molecular flexibility index (Phi) is 2.98. The Bertz CT molecular complexity index is 248. The lowest BCUT2D eigenvalue weighted by atomic mass is 9.95. The van der Waals surface area contributed by atoms with Crippen LogP contribution < -0.4 is 11.5 Å². The zero-order chi connectivity index (χ0) is 11.0. The Labute approximate surface area is 90.5 Å². The van der Waals surface area contributed by atoms with Crippen LogP contribution >= 0.6 is 12.6 Å². The minimum atomic E-state index is -0.868. The highest BCUT2D eigenvalue weighted by atomic mass is 32.1. The summed E-state index contributed by atoms with van der Waals surface area (Å²) < 4.78 is 5.61. The molecule has 0 aromatic rings. The number of aliphatic imine (C=N–C) groups is 1. The van der Waals surface area contributed by atoms with Crippen molar-refractivity contribution < 1.29 is 4.74 Å². The Morgan fingerprint density at radius 3 is 2.50 bits per heavy atom. The summed E-state index contributed by atoms with van der Waals surface area (Å²) in [4.78, 5) is 3.54. The molecule has 0 spiro atoms. The van der Waals surface area contributed by atoms with E-state index < -0.39 is 16.2 Å². The summed E-state index contributed by atoms with van der Waals surface area (Å²) in [6.07, 6.45) is 2.19. The molecule has 1 aliphatic rings. The fourth-order valence-corrected chi connectivity index (χ4v) is 2.33. The first-order chi connectivity index (χ1) is 6.12. The maximum atomic E-state index is 6.03. The van der Waals surface area contributed by atoms with Gasteiger partial charge in [0.15, 0.2) is 5.72 Å². The van der Waals surface area contributed by atoms with Crippen molar-refractivity contribution >= 4 is 18.8 Å². The van der Waals surface area contributed by atoms with Crippen molar-refractivity contribution in [3.63, 3.8) is 0 Å². The first kappa shape index (κ1) is 12.0. The molecule has 4 N–H and O–H groups in total. The quantitative estimate of drug-likeness (QED) is 0.518. The summed E-state index contributed by atoms with van der Waals surface area (Å²) in [6, 6.07) is 0. The smallest absolute Gasteiger partial charge is 0.151 e. The molecule has 1 heterocycles. The molecule has 0 saturated carbocycles. The van der Waals surface area contributed by atoms with Crippen LogP contribution in [-0.2, 0) is 4.74 Å². The van der Waals surface area contributed by atoms with Crippen molar-refractivity contribution in [2.45, 2.75) is 43.4 Å². The summed E-state index contributed by atoms with van der Waals surface area (Å²) in [6.45, 7) is 6.09. The number of hydrogen-bond donors (Lipinski definition) is 3. The van der Waals surface area contributed by atoms with Gasteiger partial charge < -0.3 is 10.5 Å². The molecule has 0 bridgehead atoms. The lowest BCUT2D eigenvalue weighted by Crippen LogP contribution is -2.54. The maximum absolute atomic E-state index is 6.03. The lowest BCUT2D eigenvalue weighted by Gasteiger charge is -2.39. The Morgan fingerprint density at radius 1 is 1.36 bits per heavy atom. The fourth-order valence-electron chi connectivity index (χ4n) is 1.78. The van der Waals surface area contributed by atoms with E-state index in [0.717, 1.165) is 0 Å². The molecular weight excluding hydrogens is 198 g/mol. The second kappa shape index (κ2) is 3.48. The van der Waals surface area contributed by atoms with E-state index in [1.165, 1.54) is 0 Å². The summed E-state index contributed by atoms with van der Waals surface area (Å²) in [5, 5.41) is 0. The standard InChI is InChI=1S/C9H19N3OS/c1-7(10)4-9(3,14)13-8(2,11)6-12-5-7/h6,14H,4-5,10-11H2,1-3H3. The normalized spacial score (nSPS) is 49.9.